The molecular formula is C18H19N5O. The number of piperidine rings is 1. The maximum Gasteiger partial charge on any atom is 0.251 e. The molecule has 3 heterocycles. The Balaban J connectivity index is 1.24. The fourth-order valence-corrected chi connectivity index (χ4v) is 4.38. The van der Waals surface area contributed by atoms with Gasteiger partial charge in [-0.3, -0.25) is 9.69 Å². The SMILES string of the molecule is NC(=O)c1cnc(N2CC3C(C2)C3N2Cc3ccccc3C2)nc1. The Labute approximate surface area is 140 Å². The predicted molar refractivity (Wildman–Crippen MR) is 89.2 cm³/mol. The average Bonchev–Trinajstić information content (AvgIpc) is 2.98. The number of benzene rings is 1. The Morgan fingerprint density at radius 2 is 1.62 bits per heavy atom. The highest BCUT2D eigenvalue weighted by Gasteiger charge is 2.59. The van der Waals surface area contributed by atoms with E-state index in [-0.39, 0.29) is 0 Å². The molecule has 6 heteroatoms. The van der Waals surface area contributed by atoms with Gasteiger partial charge in [-0.2, -0.15) is 0 Å². The number of nitrogens with two attached hydrogens (primary N) is 1. The topological polar surface area (TPSA) is 75.4 Å². The zero-order valence-corrected chi connectivity index (χ0v) is 13.3. The highest BCUT2D eigenvalue weighted by atomic mass is 16.1. The highest BCUT2D eigenvalue weighted by Crippen LogP contribution is 2.51. The molecule has 122 valence electrons. The zero-order chi connectivity index (χ0) is 16.3. The summed E-state index contributed by atoms with van der Waals surface area (Å²) in [5.74, 6) is 1.63. The minimum absolute atomic E-state index is 0.357. The fraction of sp³-hybridized carbons (Fsp3) is 0.389. The molecule has 2 fully saturated rings. The number of nitrogens with zero attached hydrogens (tertiary/aromatic N) is 4. The molecule has 2 N–H and O–H groups in total. The van der Waals surface area contributed by atoms with E-state index < -0.39 is 5.91 Å². The van der Waals surface area contributed by atoms with Crippen molar-refractivity contribution in [1.29, 1.82) is 0 Å². The molecule has 2 atom stereocenters. The lowest BCUT2D eigenvalue weighted by Gasteiger charge is -2.23. The van der Waals surface area contributed by atoms with Gasteiger partial charge in [-0.25, -0.2) is 9.97 Å². The van der Waals surface area contributed by atoms with Crippen LogP contribution in [0, 0.1) is 11.8 Å². The lowest BCUT2D eigenvalue weighted by molar-refractivity contribution is 0.0999. The van der Waals surface area contributed by atoms with Crippen LogP contribution in [-0.2, 0) is 13.1 Å². The monoisotopic (exact) mass is 321 g/mol. The van der Waals surface area contributed by atoms with E-state index >= 15 is 0 Å². The molecule has 1 aromatic carbocycles. The van der Waals surface area contributed by atoms with E-state index in [2.05, 4.69) is 44.0 Å². The van der Waals surface area contributed by atoms with Gasteiger partial charge in [0, 0.05) is 44.6 Å². The van der Waals surface area contributed by atoms with Gasteiger partial charge in [0.05, 0.1) is 5.56 Å². The third-order valence-corrected chi connectivity index (χ3v) is 5.64. The second-order valence-corrected chi connectivity index (χ2v) is 7.03. The Hall–Kier alpha value is -2.47. The smallest absolute Gasteiger partial charge is 0.251 e. The number of primary amides is 1. The Morgan fingerprint density at radius 3 is 2.17 bits per heavy atom. The number of amides is 1. The molecule has 5 rings (SSSR count). The highest BCUT2D eigenvalue weighted by molar-refractivity contribution is 5.92. The molecule has 0 spiro atoms. The van der Waals surface area contributed by atoms with Crippen molar-refractivity contribution in [3.05, 3.63) is 53.3 Å². The molecule has 0 radical (unpaired) electrons. The largest absolute Gasteiger partial charge is 0.366 e. The average molecular weight is 321 g/mol. The number of hydrogen-bond donors (Lipinski definition) is 1. The number of carbonyl (C=O) groups excluding carboxylic acids is 1. The summed E-state index contributed by atoms with van der Waals surface area (Å²) >= 11 is 0. The van der Waals surface area contributed by atoms with E-state index in [4.69, 9.17) is 5.73 Å². The van der Waals surface area contributed by atoms with Crippen LogP contribution in [-0.4, -0.2) is 39.9 Å². The van der Waals surface area contributed by atoms with E-state index in [9.17, 15) is 4.79 Å². The van der Waals surface area contributed by atoms with Crippen LogP contribution in [0.4, 0.5) is 5.95 Å². The summed E-state index contributed by atoms with van der Waals surface area (Å²) in [4.78, 5) is 24.5. The zero-order valence-electron chi connectivity index (χ0n) is 13.3. The van der Waals surface area contributed by atoms with Crippen LogP contribution >= 0.6 is 0 Å². The van der Waals surface area contributed by atoms with Crippen LogP contribution in [0.2, 0.25) is 0 Å². The van der Waals surface area contributed by atoms with Crippen LogP contribution in [0.3, 0.4) is 0 Å². The van der Waals surface area contributed by atoms with Gasteiger partial charge in [-0.1, -0.05) is 24.3 Å². The quantitative estimate of drug-likeness (QED) is 0.914. The number of aromatic nitrogens is 2. The van der Waals surface area contributed by atoms with Crippen molar-refractivity contribution in [3.63, 3.8) is 0 Å². The summed E-state index contributed by atoms with van der Waals surface area (Å²) in [6, 6.07) is 9.44. The molecule has 3 aliphatic rings. The van der Waals surface area contributed by atoms with Gasteiger partial charge in [0.1, 0.15) is 0 Å². The second kappa shape index (κ2) is 5.01. The van der Waals surface area contributed by atoms with Gasteiger partial charge in [0.2, 0.25) is 5.95 Å². The van der Waals surface area contributed by atoms with Crippen molar-refractivity contribution >= 4 is 11.9 Å². The predicted octanol–water partition coefficient (Wildman–Crippen LogP) is 1.03. The van der Waals surface area contributed by atoms with Crippen molar-refractivity contribution in [1.82, 2.24) is 14.9 Å². The molecule has 2 aromatic rings. The first-order valence-corrected chi connectivity index (χ1v) is 8.38. The first kappa shape index (κ1) is 13.9. The number of fused-ring (bicyclic) bond motifs is 2. The lowest BCUT2D eigenvalue weighted by Crippen LogP contribution is -2.33. The second-order valence-electron chi connectivity index (χ2n) is 7.03. The van der Waals surface area contributed by atoms with Crippen molar-refractivity contribution in [2.45, 2.75) is 19.1 Å². The molecule has 1 aromatic heterocycles. The third-order valence-electron chi connectivity index (χ3n) is 5.64. The fourth-order valence-electron chi connectivity index (χ4n) is 4.38. The third kappa shape index (κ3) is 2.10. The maximum absolute atomic E-state index is 11.1. The minimum Gasteiger partial charge on any atom is -0.366 e. The normalized spacial score (nSPS) is 27.8. The molecule has 2 aliphatic heterocycles. The first-order chi connectivity index (χ1) is 11.7. The maximum atomic E-state index is 11.1. The Bertz CT molecular complexity index is 768. The molecule has 0 bridgehead atoms. The Kier molecular flexibility index (Phi) is 2.91. The van der Waals surface area contributed by atoms with Crippen LogP contribution < -0.4 is 10.6 Å². The van der Waals surface area contributed by atoms with E-state index in [1.54, 1.807) is 0 Å². The van der Waals surface area contributed by atoms with Crippen LogP contribution in [0.25, 0.3) is 0 Å². The van der Waals surface area contributed by atoms with Gasteiger partial charge in [0.15, 0.2) is 0 Å². The summed E-state index contributed by atoms with van der Waals surface area (Å²) < 4.78 is 0. The van der Waals surface area contributed by atoms with Crippen molar-refractivity contribution in [2.75, 3.05) is 18.0 Å². The molecule has 6 nitrogen and oxygen atoms in total. The van der Waals surface area contributed by atoms with Crippen molar-refractivity contribution < 1.29 is 4.79 Å². The van der Waals surface area contributed by atoms with E-state index in [0.717, 1.165) is 26.2 Å². The van der Waals surface area contributed by atoms with Crippen LogP contribution in [0.15, 0.2) is 36.7 Å². The molecule has 1 saturated carbocycles. The van der Waals surface area contributed by atoms with Crippen molar-refractivity contribution in [3.8, 4) is 0 Å². The van der Waals surface area contributed by atoms with Crippen LogP contribution in [0.5, 0.6) is 0 Å². The van der Waals surface area contributed by atoms with Gasteiger partial charge in [-0.15, -0.1) is 0 Å². The Morgan fingerprint density at radius 1 is 1.04 bits per heavy atom. The molecule has 24 heavy (non-hydrogen) atoms. The number of carbonyl (C=O) groups is 1. The molecule has 1 saturated heterocycles. The standard InChI is InChI=1S/C18H19N5O/c19-17(24)13-5-20-18(21-6-13)23-9-14-15(10-23)16(14)22-7-11-3-1-2-4-12(11)8-22/h1-6,14-16H,7-10H2,(H2,19,24). The van der Waals surface area contributed by atoms with Gasteiger partial charge >= 0.3 is 0 Å². The number of rotatable bonds is 3. The van der Waals surface area contributed by atoms with E-state index in [1.165, 1.54) is 23.5 Å². The summed E-state index contributed by atoms with van der Waals surface area (Å²) in [5.41, 5.74) is 8.54. The lowest BCUT2D eigenvalue weighted by atomic mass is 10.1. The molecule has 1 amide bonds. The van der Waals surface area contributed by atoms with E-state index in [1.807, 2.05) is 0 Å². The van der Waals surface area contributed by atoms with Gasteiger partial charge < -0.3 is 10.6 Å². The molecule has 2 unspecified atom stereocenters. The summed E-state index contributed by atoms with van der Waals surface area (Å²) in [5, 5.41) is 0. The number of hydrogen-bond acceptors (Lipinski definition) is 5. The summed E-state index contributed by atoms with van der Waals surface area (Å²) in [6.45, 7) is 4.16. The van der Waals surface area contributed by atoms with Crippen molar-refractivity contribution in [2.24, 2.45) is 17.6 Å². The van der Waals surface area contributed by atoms with E-state index in [0.29, 0.717) is 29.4 Å². The number of anilines is 1. The van der Waals surface area contributed by atoms with Gasteiger partial charge in [0.25, 0.3) is 5.91 Å². The first-order valence-electron chi connectivity index (χ1n) is 8.38. The summed E-state index contributed by atoms with van der Waals surface area (Å²) in [7, 11) is 0. The van der Waals surface area contributed by atoms with Gasteiger partial charge in [-0.05, 0) is 23.0 Å². The van der Waals surface area contributed by atoms with Crippen LogP contribution in [0.1, 0.15) is 21.5 Å². The summed E-state index contributed by atoms with van der Waals surface area (Å²) in [6.07, 6.45) is 3.03. The molecular weight excluding hydrogens is 302 g/mol. The minimum atomic E-state index is -0.487. The molecule has 1 aliphatic carbocycles.